The SMILES string of the molecule is CN(C)C(=O)N1CCN(Cc2ccc(F)cc2)CC1. The minimum atomic E-state index is -0.204. The number of benzene rings is 1. The molecule has 1 aliphatic heterocycles. The fourth-order valence-corrected chi connectivity index (χ4v) is 2.23. The third-order valence-electron chi connectivity index (χ3n) is 3.34. The van der Waals surface area contributed by atoms with E-state index in [0.29, 0.717) is 0 Å². The van der Waals surface area contributed by atoms with Crippen molar-refractivity contribution in [2.45, 2.75) is 6.54 Å². The highest BCUT2D eigenvalue weighted by atomic mass is 19.1. The molecular weight excluding hydrogens is 245 g/mol. The van der Waals surface area contributed by atoms with Crippen molar-refractivity contribution in [1.29, 1.82) is 0 Å². The zero-order valence-corrected chi connectivity index (χ0v) is 11.5. The van der Waals surface area contributed by atoms with Gasteiger partial charge in [0, 0.05) is 46.8 Å². The largest absolute Gasteiger partial charge is 0.331 e. The second-order valence-electron chi connectivity index (χ2n) is 5.07. The van der Waals surface area contributed by atoms with Crippen LogP contribution in [-0.2, 0) is 6.54 Å². The van der Waals surface area contributed by atoms with Crippen molar-refractivity contribution in [1.82, 2.24) is 14.7 Å². The summed E-state index contributed by atoms with van der Waals surface area (Å²) >= 11 is 0. The van der Waals surface area contributed by atoms with E-state index in [4.69, 9.17) is 0 Å². The summed E-state index contributed by atoms with van der Waals surface area (Å²) in [7, 11) is 3.54. The molecule has 0 radical (unpaired) electrons. The summed E-state index contributed by atoms with van der Waals surface area (Å²) in [5.74, 6) is -0.204. The zero-order valence-electron chi connectivity index (χ0n) is 11.5. The number of hydrogen-bond acceptors (Lipinski definition) is 2. The number of piperazine rings is 1. The number of rotatable bonds is 2. The normalized spacial score (nSPS) is 16.5. The third-order valence-corrected chi connectivity index (χ3v) is 3.34. The van der Waals surface area contributed by atoms with Crippen LogP contribution in [0.2, 0.25) is 0 Å². The van der Waals surface area contributed by atoms with E-state index in [-0.39, 0.29) is 11.8 Å². The van der Waals surface area contributed by atoms with E-state index in [1.54, 1.807) is 19.0 Å². The molecule has 1 aliphatic rings. The van der Waals surface area contributed by atoms with Gasteiger partial charge in [-0.15, -0.1) is 0 Å². The predicted octanol–water partition coefficient (Wildman–Crippen LogP) is 1.62. The minimum absolute atomic E-state index is 0.0708. The van der Waals surface area contributed by atoms with Crippen molar-refractivity contribution in [2.75, 3.05) is 40.3 Å². The van der Waals surface area contributed by atoms with Crippen molar-refractivity contribution < 1.29 is 9.18 Å². The molecule has 0 bridgehead atoms. The molecule has 0 aromatic heterocycles. The molecule has 0 spiro atoms. The number of nitrogens with zero attached hydrogens (tertiary/aromatic N) is 3. The van der Waals surface area contributed by atoms with E-state index in [0.717, 1.165) is 38.3 Å². The first-order valence-corrected chi connectivity index (χ1v) is 6.49. The van der Waals surface area contributed by atoms with Gasteiger partial charge in [-0.3, -0.25) is 4.90 Å². The first-order valence-electron chi connectivity index (χ1n) is 6.49. The molecule has 5 heteroatoms. The van der Waals surface area contributed by atoms with Crippen molar-refractivity contribution in [3.63, 3.8) is 0 Å². The lowest BCUT2D eigenvalue weighted by Crippen LogP contribution is -2.51. The van der Waals surface area contributed by atoms with E-state index in [1.807, 2.05) is 17.0 Å². The Kier molecular flexibility index (Phi) is 4.37. The Morgan fingerprint density at radius 1 is 1.16 bits per heavy atom. The average molecular weight is 265 g/mol. The van der Waals surface area contributed by atoms with Crippen molar-refractivity contribution in [2.24, 2.45) is 0 Å². The van der Waals surface area contributed by atoms with Crippen LogP contribution < -0.4 is 0 Å². The number of amides is 2. The highest BCUT2D eigenvalue weighted by molar-refractivity contribution is 5.73. The predicted molar refractivity (Wildman–Crippen MR) is 72.3 cm³/mol. The van der Waals surface area contributed by atoms with Gasteiger partial charge in [0.1, 0.15) is 5.82 Å². The van der Waals surface area contributed by atoms with Gasteiger partial charge < -0.3 is 9.80 Å². The lowest BCUT2D eigenvalue weighted by Gasteiger charge is -2.35. The second kappa shape index (κ2) is 6.02. The van der Waals surface area contributed by atoms with Gasteiger partial charge in [0.05, 0.1) is 0 Å². The standard InChI is InChI=1S/C14H20FN3O/c1-16(2)14(19)18-9-7-17(8-10-18)11-12-3-5-13(15)6-4-12/h3-6H,7-11H2,1-2H3. The van der Waals surface area contributed by atoms with Crippen molar-refractivity contribution >= 4 is 6.03 Å². The van der Waals surface area contributed by atoms with Gasteiger partial charge >= 0.3 is 6.03 Å². The Bertz CT molecular complexity index is 425. The van der Waals surface area contributed by atoms with E-state index in [2.05, 4.69) is 4.90 Å². The second-order valence-corrected chi connectivity index (χ2v) is 5.07. The van der Waals surface area contributed by atoms with Crippen LogP contribution in [0.25, 0.3) is 0 Å². The monoisotopic (exact) mass is 265 g/mol. The molecule has 0 saturated carbocycles. The Morgan fingerprint density at radius 2 is 1.74 bits per heavy atom. The lowest BCUT2D eigenvalue weighted by atomic mass is 10.2. The van der Waals surface area contributed by atoms with Crippen LogP contribution in [0.5, 0.6) is 0 Å². The first kappa shape index (κ1) is 13.8. The molecule has 1 aromatic carbocycles. The summed E-state index contributed by atoms with van der Waals surface area (Å²) in [6, 6.07) is 6.67. The van der Waals surface area contributed by atoms with E-state index in [1.165, 1.54) is 12.1 Å². The maximum Gasteiger partial charge on any atom is 0.319 e. The number of halogens is 1. The summed E-state index contributed by atoms with van der Waals surface area (Å²) in [4.78, 5) is 17.5. The molecule has 0 aliphatic carbocycles. The smallest absolute Gasteiger partial charge is 0.319 e. The molecule has 1 fully saturated rings. The van der Waals surface area contributed by atoms with Crippen molar-refractivity contribution in [3.8, 4) is 0 Å². The van der Waals surface area contributed by atoms with Crippen molar-refractivity contribution in [3.05, 3.63) is 35.6 Å². The molecule has 2 amide bonds. The highest BCUT2D eigenvalue weighted by Crippen LogP contribution is 2.10. The van der Waals surface area contributed by atoms with Crippen LogP contribution in [0.1, 0.15) is 5.56 Å². The summed E-state index contributed by atoms with van der Waals surface area (Å²) in [5, 5.41) is 0. The Balaban J connectivity index is 1.83. The molecule has 1 heterocycles. The van der Waals surface area contributed by atoms with Gasteiger partial charge in [-0.25, -0.2) is 9.18 Å². The fourth-order valence-electron chi connectivity index (χ4n) is 2.23. The van der Waals surface area contributed by atoms with Gasteiger partial charge in [0.15, 0.2) is 0 Å². The van der Waals surface area contributed by atoms with Gasteiger partial charge in [0.2, 0.25) is 0 Å². The van der Waals surface area contributed by atoms with E-state index >= 15 is 0 Å². The third kappa shape index (κ3) is 3.67. The molecule has 0 atom stereocenters. The number of carbonyl (C=O) groups excluding carboxylic acids is 1. The van der Waals surface area contributed by atoms with Crippen LogP contribution in [0, 0.1) is 5.82 Å². The van der Waals surface area contributed by atoms with Crippen LogP contribution in [-0.4, -0.2) is 61.0 Å². The molecule has 104 valence electrons. The molecule has 0 N–H and O–H groups in total. The summed E-state index contributed by atoms with van der Waals surface area (Å²) in [6.07, 6.45) is 0. The Labute approximate surface area is 113 Å². The maximum absolute atomic E-state index is 12.8. The van der Waals surface area contributed by atoms with Crippen LogP contribution in [0.4, 0.5) is 9.18 Å². The van der Waals surface area contributed by atoms with Crippen LogP contribution in [0.15, 0.2) is 24.3 Å². The van der Waals surface area contributed by atoms with E-state index < -0.39 is 0 Å². The van der Waals surface area contributed by atoms with Gasteiger partial charge in [-0.05, 0) is 17.7 Å². The Hall–Kier alpha value is -1.62. The van der Waals surface area contributed by atoms with Crippen LogP contribution >= 0.6 is 0 Å². The van der Waals surface area contributed by atoms with Crippen LogP contribution in [0.3, 0.4) is 0 Å². The summed E-state index contributed by atoms with van der Waals surface area (Å²) in [5.41, 5.74) is 1.11. The average Bonchev–Trinajstić information content (AvgIpc) is 2.41. The quantitative estimate of drug-likeness (QED) is 0.812. The molecule has 4 nitrogen and oxygen atoms in total. The zero-order chi connectivity index (χ0) is 13.8. The van der Waals surface area contributed by atoms with Gasteiger partial charge in [-0.2, -0.15) is 0 Å². The number of hydrogen-bond donors (Lipinski definition) is 0. The summed E-state index contributed by atoms with van der Waals surface area (Å²) in [6.45, 7) is 4.02. The fraction of sp³-hybridized carbons (Fsp3) is 0.500. The van der Waals surface area contributed by atoms with Gasteiger partial charge in [0.25, 0.3) is 0 Å². The Morgan fingerprint density at radius 3 is 2.26 bits per heavy atom. The number of carbonyl (C=O) groups is 1. The molecule has 0 unspecified atom stereocenters. The first-order chi connectivity index (χ1) is 9.06. The number of urea groups is 1. The maximum atomic E-state index is 12.8. The van der Waals surface area contributed by atoms with E-state index in [9.17, 15) is 9.18 Å². The molecule has 1 aromatic rings. The highest BCUT2D eigenvalue weighted by Gasteiger charge is 2.21. The lowest BCUT2D eigenvalue weighted by molar-refractivity contribution is 0.120. The molecular formula is C14H20FN3O. The molecule has 2 rings (SSSR count). The topological polar surface area (TPSA) is 26.8 Å². The van der Waals surface area contributed by atoms with Gasteiger partial charge in [-0.1, -0.05) is 12.1 Å². The molecule has 19 heavy (non-hydrogen) atoms. The molecule has 1 saturated heterocycles. The minimum Gasteiger partial charge on any atom is -0.331 e. The summed E-state index contributed by atoms with van der Waals surface area (Å²) < 4.78 is 12.8.